The van der Waals surface area contributed by atoms with E-state index in [1.807, 2.05) is 6.07 Å². The van der Waals surface area contributed by atoms with Gasteiger partial charge in [0.05, 0.1) is 10.6 Å². The molecule has 3 heteroatoms. The summed E-state index contributed by atoms with van der Waals surface area (Å²) in [7, 11) is 0. The van der Waals surface area contributed by atoms with Gasteiger partial charge in [0.25, 0.3) is 0 Å². The maximum Gasteiger partial charge on any atom is 0.121 e. The molecule has 0 aliphatic heterocycles. The first-order valence-electron chi connectivity index (χ1n) is 7.10. The first-order chi connectivity index (χ1) is 9.23. The number of benzene rings is 1. The Morgan fingerprint density at radius 3 is 2.35 bits per heavy atom. The Morgan fingerprint density at radius 1 is 1.25 bits per heavy atom. The number of hydrogen-bond donors (Lipinski definition) is 0. The highest BCUT2D eigenvalue weighted by Gasteiger charge is 2.78. The molecule has 2 aliphatic rings. The summed E-state index contributed by atoms with van der Waals surface area (Å²) in [5.74, 6) is 0.773. The smallest absolute Gasteiger partial charge is 0.121 e. The van der Waals surface area contributed by atoms with Gasteiger partial charge in [0, 0.05) is 11.5 Å². The van der Waals surface area contributed by atoms with Crippen LogP contribution in [0.15, 0.2) is 18.2 Å². The quantitative estimate of drug-likeness (QED) is 0.783. The zero-order chi connectivity index (χ0) is 14.8. The van der Waals surface area contributed by atoms with Crippen molar-refractivity contribution in [2.24, 2.45) is 16.2 Å². The Hall–Kier alpha value is -1.20. The normalized spacial score (nSPS) is 27.5. The number of nitrogens with zero attached hydrogens (tertiary/aromatic N) is 1. The molecule has 0 heterocycles. The molecule has 0 N–H and O–H groups in total. The van der Waals surface area contributed by atoms with E-state index >= 15 is 0 Å². The molecule has 0 aromatic heterocycles. The number of nitriles is 1. The van der Waals surface area contributed by atoms with Crippen LogP contribution in [0.25, 0.3) is 0 Å². The van der Waals surface area contributed by atoms with Gasteiger partial charge in [-0.15, -0.1) is 0 Å². The van der Waals surface area contributed by atoms with Gasteiger partial charge in [-0.3, -0.25) is 0 Å². The van der Waals surface area contributed by atoms with Crippen LogP contribution < -0.4 is 4.74 Å². The molecule has 1 aromatic rings. The van der Waals surface area contributed by atoms with Gasteiger partial charge in [0.1, 0.15) is 17.9 Å². The second-order valence-corrected chi connectivity index (χ2v) is 7.89. The summed E-state index contributed by atoms with van der Waals surface area (Å²) in [6.45, 7) is 9.36. The molecule has 1 unspecified atom stereocenters. The van der Waals surface area contributed by atoms with Gasteiger partial charge in [-0.25, -0.2) is 0 Å². The van der Waals surface area contributed by atoms with E-state index in [0.717, 1.165) is 12.2 Å². The van der Waals surface area contributed by atoms with Crippen molar-refractivity contribution >= 4 is 11.6 Å². The molecule has 2 fully saturated rings. The molecular formula is C17H20ClNO. The first kappa shape index (κ1) is 13.8. The predicted octanol–water partition coefficient (Wildman–Crippen LogP) is 4.81. The van der Waals surface area contributed by atoms with Crippen LogP contribution in [0.1, 0.15) is 46.1 Å². The molecule has 2 saturated carbocycles. The van der Waals surface area contributed by atoms with Gasteiger partial charge in [-0.1, -0.05) is 39.3 Å². The van der Waals surface area contributed by atoms with Crippen molar-refractivity contribution in [3.8, 4) is 11.8 Å². The Kier molecular flexibility index (Phi) is 2.70. The fraction of sp³-hybridized carbons (Fsp3) is 0.588. The number of ether oxygens (including phenoxy) is 1. The van der Waals surface area contributed by atoms with Crippen LogP contribution in [0.5, 0.6) is 5.75 Å². The van der Waals surface area contributed by atoms with Crippen LogP contribution in [-0.4, -0.2) is 6.10 Å². The van der Waals surface area contributed by atoms with Crippen molar-refractivity contribution in [2.45, 2.75) is 46.6 Å². The summed E-state index contributed by atoms with van der Waals surface area (Å²) in [5, 5.41) is 9.36. The van der Waals surface area contributed by atoms with Gasteiger partial charge in [0.15, 0.2) is 0 Å². The molecular weight excluding hydrogens is 270 g/mol. The topological polar surface area (TPSA) is 33.0 Å². The minimum Gasteiger partial charge on any atom is -0.490 e. The minimum absolute atomic E-state index is 0.269. The average molecular weight is 290 g/mol. The lowest BCUT2D eigenvalue weighted by molar-refractivity contribution is -0.125. The van der Waals surface area contributed by atoms with Crippen LogP contribution in [-0.2, 0) is 0 Å². The van der Waals surface area contributed by atoms with Gasteiger partial charge in [-0.05, 0) is 35.8 Å². The van der Waals surface area contributed by atoms with Crippen molar-refractivity contribution in [3.63, 3.8) is 0 Å². The lowest BCUT2D eigenvalue weighted by Gasteiger charge is -2.59. The largest absolute Gasteiger partial charge is 0.490 e. The highest BCUT2D eigenvalue weighted by Crippen LogP contribution is 2.80. The van der Waals surface area contributed by atoms with Gasteiger partial charge >= 0.3 is 0 Å². The Labute approximate surface area is 125 Å². The molecule has 2 aliphatic carbocycles. The van der Waals surface area contributed by atoms with E-state index < -0.39 is 0 Å². The highest BCUT2D eigenvalue weighted by atomic mass is 35.5. The van der Waals surface area contributed by atoms with E-state index in [-0.39, 0.29) is 6.10 Å². The van der Waals surface area contributed by atoms with Crippen LogP contribution in [0.2, 0.25) is 5.02 Å². The molecule has 0 radical (unpaired) electrons. The number of hydrogen-bond acceptors (Lipinski definition) is 2. The summed E-state index contributed by atoms with van der Waals surface area (Å²) in [5.41, 5.74) is 1.48. The Balaban J connectivity index is 1.79. The lowest BCUT2D eigenvalue weighted by atomic mass is 9.45. The molecule has 1 aromatic carbocycles. The predicted molar refractivity (Wildman–Crippen MR) is 79.8 cm³/mol. The third-order valence-electron chi connectivity index (χ3n) is 5.54. The average Bonchev–Trinajstić information content (AvgIpc) is 3.06. The molecule has 0 amide bonds. The van der Waals surface area contributed by atoms with Crippen LogP contribution in [0.4, 0.5) is 0 Å². The van der Waals surface area contributed by atoms with E-state index in [4.69, 9.17) is 21.6 Å². The summed E-state index contributed by atoms with van der Waals surface area (Å²) in [4.78, 5) is 0. The zero-order valence-electron chi connectivity index (χ0n) is 12.5. The molecule has 3 rings (SSSR count). The standard InChI is InChI=1S/C17H20ClNO/c1-15(2)10-16(3,4)17(15)8-14(17)20-12-6-5-11(9-19)13(18)7-12/h5-7,14H,8,10H2,1-4H3. The van der Waals surface area contributed by atoms with Gasteiger partial charge in [0.2, 0.25) is 0 Å². The van der Waals surface area contributed by atoms with E-state index in [1.54, 1.807) is 12.1 Å². The monoisotopic (exact) mass is 289 g/mol. The number of rotatable bonds is 2. The van der Waals surface area contributed by atoms with E-state index in [1.165, 1.54) is 6.42 Å². The van der Waals surface area contributed by atoms with Crippen molar-refractivity contribution in [1.29, 1.82) is 5.26 Å². The van der Waals surface area contributed by atoms with Crippen LogP contribution in [0.3, 0.4) is 0 Å². The van der Waals surface area contributed by atoms with E-state index in [2.05, 4.69) is 33.8 Å². The van der Waals surface area contributed by atoms with Crippen molar-refractivity contribution in [1.82, 2.24) is 0 Å². The molecule has 0 saturated heterocycles. The SMILES string of the molecule is CC1(C)CC(C)(C)C12CC2Oc1ccc(C#N)c(Cl)c1. The maximum atomic E-state index is 8.90. The van der Waals surface area contributed by atoms with Gasteiger partial charge in [-0.2, -0.15) is 5.26 Å². The third-order valence-corrected chi connectivity index (χ3v) is 5.85. The van der Waals surface area contributed by atoms with Crippen molar-refractivity contribution in [3.05, 3.63) is 28.8 Å². The fourth-order valence-corrected chi connectivity index (χ4v) is 5.07. The molecule has 106 valence electrons. The second-order valence-electron chi connectivity index (χ2n) is 7.48. The lowest BCUT2D eigenvalue weighted by Crippen LogP contribution is -2.54. The van der Waals surface area contributed by atoms with E-state index in [9.17, 15) is 0 Å². The molecule has 1 spiro atoms. The molecule has 1 atom stereocenters. The molecule has 2 nitrogen and oxygen atoms in total. The summed E-state index contributed by atoms with van der Waals surface area (Å²) in [6.07, 6.45) is 2.63. The van der Waals surface area contributed by atoms with Crippen LogP contribution in [0, 0.1) is 27.6 Å². The highest BCUT2D eigenvalue weighted by molar-refractivity contribution is 6.31. The van der Waals surface area contributed by atoms with Crippen molar-refractivity contribution in [2.75, 3.05) is 0 Å². The van der Waals surface area contributed by atoms with Crippen molar-refractivity contribution < 1.29 is 4.74 Å². The van der Waals surface area contributed by atoms with Crippen LogP contribution >= 0.6 is 11.6 Å². The summed E-state index contributed by atoms with van der Waals surface area (Å²) >= 11 is 6.06. The summed E-state index contributed by atoms with van der Waals surface area (Å²) < 4.78 is 6.14. The first-order valence-corrected chi connectivity index (χ1v) is 7.48. The van der Waals surface area contributed by atoms with E-state index in [0.29, 0.717) is 26.8 Å². The molecule has 0 bridgehead atoms. The Morgan fingerprint density at radius 2 is 1.90 bits per heavy atom. The second kappa shape index (κ2) is 3.92. The maximum absolute atomic E-state index is 8.90. The summed E-state index contributed by atoms with van der Waals surface area (Å²) in [6, 6.07) is 7.39. The Bertz CT molecular complexity index is 598. The fourth-order valence-electron chi connectivity index (χ4n) is 4.85. The molecule has 20 heavy (non-hydrogen) atoms. The van der Waals surface area contributed by atoms with Gasteiger partial charge < -0.3 is 4.74 Å². The third kappa shape index (κ3) is 1.63. The zero-order valence-corrected chi connectivity index (χ0v) is 13.2. The number of halogens is 1. The minimum atomic E-state index is 0.269.